The van der Waals surface area contributed by atoms with Crippen molar-refractivity contribution in [3.8, 4) is 0 Å². The van der Waals surface area contributed by atoms with E-state index in [2.05, 4.69) is 5.32 Å². The van der Waals surface area contributed by atoms with E-state index in [4.69, 9.17) is 10.5 Å². The van der Waals surface area contributed by atoms with Crippen molar-refractivity contribution in [3.05, 3.63) is 34.4 Å². The fourth-order valence-corrected chi connectivity index (χ4v) is 2.05. The molecule has 1 saturated carbocycles. The Balaban J connectivity index is 1.86. The third kappa shape index (κ3) is 3.65. The summed E-state index contributed by atoms with van der Waals surface area (Å²) in [5, 5.41) is 13.0. The third-order valence-corrected chi connectivity index (χ3v) is 3.02. The molecule has 0 bridgehead atoms. The van der Waals surface area contributed by atoms with Crippen LogP contribution in [0, 0.1) is 10.1 Å². The summed E-state index contributed by atoms with van der Waals surface area (Å²) in [6, 6.07) is 5.65. The standard InChI is InChI=1S/C12H15N3O4/c13-8-1-6-11(7-8)19-12(16)14-9-2-4-10(5-3-9)15(17)18/h2-5,8,11H,1,6-7,13H2,(H,14,16). The first-order valence-electron chi connectivity index (χ1n) is 6.02. The number of nitrogens with zero attached hydrogens (tertiary/aromatic N) is 1. The van der Waals surface area contributed by atoms with E-state index in [-0.39, 0.29) is 17.8 Å². The number of nitro groups is 1. The van der Waals surface area contributed by atoms with E-state index >= 15 is 0 Å². The van der Waals surface area contributed by atoms with Crippen LogP contribution in [0.3, 0.4) is 0 Å². The summed E-state index contributed by atoms with van der Waals surface area (Å²) >= 11 is 0. The smallest absolute Gasteiger partial charge is 0.411 e. The zero-order valence-corrected chi connectivity index (χ0v) is 10.2. The Labute approximate surface area is 109 Å². The number of hydrogen-bond acceptors (Lipinski definition) is 5. The van der Waals surface area contributed by atoms with Crippen molar-refractivity contribution >= 4 is 17.5 Å². The van der Waals surface area contributed by atoms with Gasteiger partial charge in [0.05, 0.1) is 4.92 Å². The monoisotopic (exact) mass is 265 g/mol. The number of nitrogens with two attached hydrogens (primary N) is 1. The molecule has 1 aliphatic rings. The molecule has 1 aromatic rings. The lowest BCUT2D eigenvalue weighted by atomic mass is 10.3. The first-order chi connectivity index (χ1) is 9.04. The number of rotatable bonds is 3. The Morgan fingerprint density at radius 2 is 2.05 bits per heavy atom. The highest BCUT2D eigenvalue weighted by Crippen LogP contribution is 2.21. The molecule has 3 N–H and O–H groups in total. The summed E-state index contributed by atoms with van der Waals surface area (Å²) in [6.07, 6.45) is 1.60. The largest absolute Gasteiger partial charge is 0.446 e. The van der Waals surface area contributed by atoms with Gasteiger partial charge in [0.2, 0.25) is 0 Å². The number of anilines is 1. The summed E-state index contributed by atoms with van der Waals surface area (Å²) < 4.78 is 5.20. The van der Waals surface area contributed by atoms with Crippen LogP contribution in [0.4, 0.5) is 16.2 Å². The number of carbonyl (C=O) groups is 1. The summed E-state index contributed by atoms with van der Waals surface area (Å²) in [4.78, 5) is 21.6. The fraction of sp³-hybridized carbons (Fsp3) is 0.417. The van der Waals surface area contributed by atoms with E-state index in [1.54, 1.807) is 0 Å². The minimum absolute atomic E-state index is 0.0271. The Morgan fingerprint density at radius 3 is 2.58 bits per heavy atom. The van der Waals surface area contributed by atoms with Gasteiger partial charge < -0.3 is 10.5 Å². The maximum Gasteiger partial charge on any atom is 0.411 e. The van der Waals surface area contributed by atoms with E-state index in [1.807, 2.05) is 0 Å². The van der Waals surface area contributed by atoms with Crippen LogP contribution in [0.2, 0.25) is 0 Å². The minimum atomic E-state index is -0.562. The van der Waals surface area contributed by atoms with Crippen molar-refractivity contribution in [2.75, 3.05) is 5.32 Å². The summed E-state index contributed by atoms with van der Waals surface area (Å²) in [7, 11) is 0. The maximum atomic E-state index is 11.6. The lowest BCUT2D eigenvalue weighted by Crippen LogP contribution is -2.22. The quantitative estimate of drug-likeness (QED) is 0.642. The number of amides is 1. The molecule has 1 amide bonds. The highest BCUT2D eigenvalue weighted by Gasteiger charge is 2.24. The molecule has 7 nitrogen and oxygen atoms in total. The predicted octanol–water partition coefficient (Wildman–Crippen LogP) is 2.02. The molecule has 2 unspecified atom stereocenters. The molecule has 102 valence electrons. The molecule has 0 spiro atoms. The lowest BCUT2D eigenvalue weighted by molar-refractivity contribution is -0.384. The predicted molar refractivity (Wildman–Crippen MR) is 68.8 cm³/mol. The molecule has 0 heterocycles. The van der Waals surface area contributed by atoms with Crippen LogP contribution in [-0.2, 0) is 4.74 Å². The molecule has 2 atom stereocenters. The Hall–Kier alpha value is -2.15. The van der Waals surface area contributed by atoms with Gasteiger partial charge in [0.25, 0.3) is 5.69 Å². The highest BCUT2D eigenvalue weighted by atomic mass is 16.6. The molecule has 0 radical (unpaired) electrons. The van der Waals surface area contributed by atoms with Crippen LogP contribution in [0.5, 0.6) is 0 Å². The van der Waals surface area contributed by atoms with Gasteiger partial charge >= 0.3 is 6.09 Å². The molecular formula is C12H15N3O4. The Morgan fingerprint density at radius 1 is 1.37 bits per heavy atom. The van der Waals surface area contributed by atoms with Gasteiger partial charge in [-0.1, -0.05) is 0 Å². The number of carbonyl (C=O) groups excluding carboxylic acids is 1. The zero-order valence-electron chi connectivity index (χ0n) is 10.2. The van der Waals surface area contributed by atoms with E-state index in [9.17, 15) is 14.9 Å². The first kappa shape index (κ1) is 13.3. The molecule has 1 aromatic carbocycles. The van der Waals surface area contributed by atoms with Crippen LogP contribution < -0.4 is 11.1 Å². The fourth-order valence-electron chi connectivity index (χ4n) is 2.05. The van der Waals surface area contributed by atoms with Gasteiger partial charge in [-0.25, -0.2) is 4.79 Å². The second-order valence-electron chi connectivity index (χ2n) is 4.53. The number of hydrogen-bond donors (Lipinski definition) is 2. The van der Waals surface area contributed by atoms with Crippen molar-refractivity contribution in [2.24, 2.45) is 5.73 Å². The molecule has 2 rings (SSSR count). The van der Waals surface area contributed by atoms with Gasteiger partial charge in [-0.05, 0) is 31.4 Å². The van der Waals surface area contributed by atoms with Gasteiger partial charge in [-0.3, -0.25) is 15.4 Å². The second kappa shape index (κ2) is 5.66. The van der Waals surface area contributed by atoms with Crippen molar-refractivity contribution in [2.45, 2.75) is 31.4 Å². The molecule has 1 aliphatic carbocycles. The average molecular weight is 265 g/mol. The van der Waals surface area contributed by atoms with Crippen molar-refractivity contribution in [1.82, 2.24) is 0 Å². The minimum Gasteiger partial charge on any atom is -0.446 e. The van der Waals surface area contributed by atoms with Crippen LogP contribution in [0.1, 0.15) is 19.3 Å². The van der Waals surface area contributed by atoms with Crippen LogP contribution >= 0.6 is 0 Å². The summed E-state index contributed by atoms with van der Waals surface area (Å²) in [5.41, 5.74) is 6.15. The van der Waals surface area contributed by atoms with E-state index in [0.717, 1.165) is 12.8 Å². The molecular weight excluding hydrogens is 250 g/mol. The van der Waals surface area contributed by atoms with Gasteiger partial charge in [0, 0.05) is 23.9 Å². The SMILES string of the molecule is NC1CCC(OC(=O)Nc2ccc([N+](=O)[O-])cc2)C1. The highest BCUT2D eigenvalue weighted by molar-refractivity contribution is 5.84. The van der Waals surface area contributed by atoms with E-state index < -0.39 is 11.0 Å². The number of nitro benzene ring substituents is 1. The second-order valence-corrected chi connectivity index (χ2v) is 4.53. The summed E-state index contributed by atoms with van der Waals surface area (Å²) in [6.45, 7) is 0. The maximum absolute atomic E-state index is 11.6. The topological polar surface area (TPSA) is 107 Å². The first-order valence-corrected chi connectivity index (χ1v) is 6.02. The molecule has 0 aromatic heterocycles. The number of benzene rings is 1. The Bertz CT molecular complexity index is 474. The van der Waals surface area contributed by atoms with Crippen LogP contribution in [-0.4, -0.2) is 23.2 Å². The van der Waals surface area contributed by atoms with Gasteiger partial charge in [-0.15, -0.1) is 0 Å². The van der Waals surface area contributed by atoms with E-state index in [1.165, 1.54) is 24.3 Å². The third-order valence-electron chi connectivity index (χ3n) is 3.02. The van der Waals surface area contributed by atoms with Gasteiger partial charge in [0.1, 0.15) is 6.10 Å². The van der Waals surface area contributed by atoms with Crippen molar-refractivity contribution in [3.63, 3.8) is 0 Å². The molecule has 7 heteroatoms. The van der Waals surface area contributed by atoms with Gasteiger partial charge in [0.15, 0.2) is 0 Å². The van der Waals surface area contributed by atoms with Gasteiger partial charge in [-0.2, -0.15) is 0 Å². The molecule has 0 aliphatic heterocycles. The Kier molecular flexibility index (Phi) is 3.96. The van der Waals surface area contributed by atoms with Crippen LogP contribution in [0.25, 0.3) is 0 Å². The average Bonchev–Trinajstić information content (AvgIpc) is 2.75. The lowest BCUT2D eigenvalue weighted by Gasteiger charge is -2.12. The molecule has 19 heavy (non-hydrogen) atoms. The normalized spacial score (nSPS) is 21.9. The number of ether oxygens (including phenoxy) is 1. The van der Waals surface area contributed by atoms with E-state index in [0.29, 0.717) is 12.1 Å². The van der Waals surface area contributed by atoms with Crippen LogP contribution in [0.15, 0.2) is 24.3 Å². The summed E-state index contributed by atoms with van der Waals surface area (Å²) in [5.74, 6) is 0. The molecule has 0 saturated heterocycles. The number of nitrogens with one attached hydrogen (secondary N) is 1. The molecule has 1 fully saturated rings. The van der Waals surface area contributed by atoms with Crippen molar-refractivity contribution in [1.29, 1.82) is 0 Å². The van der Waals surface area contributed by atoms with Crippen molar-refractivity contribution < 1.29 is 14.5 Å². The zero-order chi connectivity index (χ0) is 13.8. The number of non-ortho nitro benzene ring substituents is 1.